The number of methoxy groups -OCH3 is 1. The molecule has 6 heteroatoms. The van der Waals surface area contributed by atoms with Crippen molar-refractivity contribution in [2.75, 3.05) is 33.5 Å². The van der Waals surface area contributed by atoms with Crippen molar-refractivity contribution < 1.29 is 9.47 Å². The van der Waals surface area contributed by atoms with Gasteiger partial charge in [-0.15, -0.1) is 0 Å². The summed E-state index contributed by atoms with van der Waals surface area (Å²) in [4.78, 5) is 0. The van der Waals surface area contributed by atoms with E-state index in [4.69, 9.17) is 9.47 Å². The highest BCUT2D eigenvalue weighted by Gasteiger charge is 2.30. The highest BCUT2D eigenvalue weighted by Crippen LogP contribution is 2.33. The minimum absolute atomic E-state index is 0.279. The number of halogens is 1. The molecular weight excluding hydrogens is 310 g/mol. The zero-order valence-corrected chi connectivity index (χ0v) is 13.1. The van der Waals surface area contributed by atoms with Crippen molar-refractivity contribution in [3.63, 3.8) is 0 Å². The number of aromatic nitrogens is 2. The Labute approximate surface area is 122 Å². The minimum Gasteiger partial charge on any atom is -0.383 e. The van der Waals surface area contributed by atoms with Crippen molar-refractivity contribution in [2.24, 2.45) is 5.92 Å². The van der Waals surface area contributed by atoms with Crippen molar-refractivity contribution in [3.05, 3.63) is 16.4 Å². The molecule has 1 fully saturated rings. The molecule has 0 aliphatic carbocycles. The lowest BCUT2D eigenvalue weighted by atomic mass is 9.96. The van der Waals surface area contributed by atoms with Crippen LogP contribution in [0.15, 0.2) is 10.7 Å². The Balaban J connectivity index is 2.21. The highest BCUT2D eigenvalue weighted by molar-refractivity contribution is 9.10. The van der Waals surface area contributed by atoms with Gasteiger partial charge in [0.25, 0.3) is 0 Å². The van der Waals surface area contributed by atoms with Gasteiger partial charge in [-0.2, -0.15) is 5.10 Å². The van der Waals surface area contributed by atoms with Crippen LogP contribution in [0.5, 0.6) is 0 Å². The van der Waals surface area contributed by atoms with Gasteiger partial charge in [0.1, 0.15) is 0 Å². The van der Waals surface area contributed by atoms with Gasteiger partial charge in [0.05, 0.1) is 42.2 Å². The third-order valence-corrected chi connectivity index (χ3v) is 4.11. The van der Waals surface area contributed by atoms with Gasteiger partial charge in [-0.05, 0) is 28.9 Å². The summed E-state index contributed by atoms with van der Waals surface area (Å²) in [5, 5.41) is 8.01. The lowest BCUT2D eigenvalue weighted by Crippen LogP contribution is -2.31. The predicted octanol–water partition coefficient (Wildman–Crippen LogP) is 1.98. The third kappa shape index (κ3) is 3.56. The molecule has 2 atom stereocenters. The number of nitrogens with zero attached hydrogens (tertiary/aromatic N) is 2. The van der Waals surface area contributed by atoms with Crippen LogP contribution in [0.1, 0.15) is 25.1 Å². The van der Waals surface area contributed by atoms with Crippen LogP contribution in [0, 0.1) is 5.92 Å². The molecule has 1 N–H and O–H groups in total. The van der Waals surface area contributed by atoms with Crippen molar-refractivity contribution in [1.82, 2.24) is 15.1 Å². The molecule has 1 aliphatic heterocycles. The summed E-state index contributed by atoms with van der Waals surface area (Å²) < 4.78 is 13.8. The Morgan fingerprint density at radius 2 is 2.53 bits per heavy atom. The fraction of sp³-hybridized carbons (Fsp3) is 0.769. The van der Waals surface area contributed by atoms with Crippen LogP contribution >= 0.6 is 15.9 Å². The molecule has 0 saturated carbocycles. The Bertz CT molecular complexity index is 391. The molecule has 1 aromatic heterocycles. The van der Waals surface area contributed by atoms with Crippen LogP contribution in [0.2, 0.25) is 0 Å². The second-order valence-corrected chi connectivity index (χ2v) is 5.61. The van der Waals surface area contributed by atoms with Gasteiger partial charge in [-0.1, -0.05) is 6.92 Å². The van der Waals surface area contributed by atoms with E-state index < -0.39 is 0 Å². The normalized spacial score (nSPS) is 20.9. The van der Waals surface area contributed by atoms with Crippen molar-refractivity contribution in [2.45, 2.75) is 25.9 Å². The number of ether oxygens (including phenoxy) is 2. The summed E-state index contributed by atoms with van der Waals surface area (Å²) in [6.45, 7) is 6.18. The minimum atomic E-state index is 0.279. The van der Waals surface area contributed by atoms with E-state index in [1.807, 2.05) is 10.9 Å². The molecule has 1 aromatic rings. The maximum atomic E-state index is 5.53. The zero-order chi connectivity index (χ0) is 13.7. The van der Waals surface area contributed by atoms with E-state index in [9.17, 15) is 0 Å². The molecule has 5 nitrogen and oxygen atoms in total. The summed E-state index contributed by atoms with van der Waals surface area (Å²) >= 11 is 3.62. The molecule has 2 heterocycles. The van der Waals surface area contributed by atoms with Crippen LogP contribution in [0.4, 0.5) is 0 Å². The van der Waals surface area contributed by atoms with Gasteiger partial charge in [-0.25, -0.2) is 0 Å². The van der Waals surface area contributed by atoms with E-state index in [1.54, 1.807) is 7.11 Å². The van der Waals surface area contributed by atoms with Crippen molar-refractivity contribution in [1.29, 1.82) is 0 Å². The third-order valence-electron chi connectivity index (χ3n) is 3.50. The van der Waals surface area contributed by atoms with Gasteiger partial charge in [-0.3, -0.25) is 4.68 Å². The first-order valence-corrected chi connectivity index (χ1v) is 7.58. The van der Waals surface area contributed by atoms with E-state index in [2.05, 4.69) is 33.3 Å². The van der Waals surface area contributed by atoms with Crippen molar-refractivity contribution in [3.8, 4) is 0 Å². The van der Waals surface area contributed by atoms with Crippen LogP contribution < -0.4 is 5.32 Å². The SMILES string of the molecule is CCNC(c1c(Br)cnn1CCOC)C1CCOC1. The molecular formula is C13H22BrN3O2. The summed E-state index contributed by atoms with van der Waals surface area (Å²) in [5.41, 5.74) is 1.20. The van der Waals surface area contributed by atoms with E-state index in [1.165, 1.54) is 5.69 Å². The van der Waals surface area contributed by atoms with E-state index in [0.717, 1.165) is 37.2 Å². The Morgan fingerprint density at radius 3 is 3.16 bits per heavy atom. The molecule has 1 saturated heterocycles. The van der Waals surface area contributed by atoms with Gasteiger partial charge >= 0.3 is 0 Å². The first kappa shape index (κ1) is 15.0. The van der Waals surface area contributed by atoms with Crippen molar-refractivity contribution >= 4 is 15.9 Å². The zero-order valence-electron chi connectivity index (χ0n) is 11.6. The average Bonchev–Trinajstić information content (AvgIpc) is 3.04. The van der Waals surface area contributed by atoms with Crippen LogP contribution in [0.3, 0.4) is 0 Å². The smallest absolute Gasteiger partial charge is 0.0700 e. The molecule has 2 unspecified atom stereocenters. The predicted molar refractivity (Wildman–Crippen MR) is 77.1 cm³/mol. The molecule has 0 amide bonds. The maximum Gasteiger partial charge on any atom is 0.0700 e. The van der Waals surface area contributed by atoms with E-state index in [0.29, 0.717) is 12.5 Å². The second kappa shape index (κ2) is 7.38. The lowest BCUT2D eigenvalue weighted by molar-refractivity contribution is 0.170. The number of hydrogen-bond acceptors (Lipinski definition) is 4. The largest absolute Gasteiger partial charge is 0.383 e. The monoisotopic (exact) mass is 331 g/mol. The van der Waals surface area contributed by atoms with E-state index in [-0.39, 0.29) is 6.04 Å². The Hall–Kier alpha value is -0.430. The standard InChI is InChI=1S/C13H22BrN3O2/c1-3-15-12(10-4-6-19-9-10)13-11(14)8-16-17(13)5-7-18-2/h8,10,12,15H,3-7,9H2,1-2H3. The highest BCUT2D eigenvalue weighted by atomic mass is 79.9. The number of hydrogen-bond donors (Lipinski definition) is 1. The first-order valence-electron chi connectivity index (χ1n) is 6.79. The molecule has 0 spiro atoms. The summed E-state index contributed by atoms with van der Waals surface area (Å²) in [5.74, 6) is 0.509. The number of nitrogens with one attached hydrogen (secondary N) is 1. The first-order chi connectivity index (χ1) is 9.27. The van der Waals surface area contributed by atoms with Gasteiger partial charge in [0, 0.05) is 19.6 Å². The molecule has 0 bridgehead atoms. The van der Waals surface area contributed by atoms with Crippen LogP contribution in [-0.2, 0) is 16.0 Å². The fourth-order valence-electron chi connectivity index (χ4n) is 2.56. The molecule has 0 aromatic carbocycles. The molecule has 2 rings (SSSR count). The summed E-state index contributed by atoms with van der Waals surface area (Å²) in [6, 6.07) is 0.279. The van der Waals surface area contributed by atoms with Crippen LogP contribution in [-0.4, -0.2) is 43.3 Å². The van der Waals surface area contributed by atoms with Crippen LogP contribution in [0.25, 0.3) is 0 Å². The fourth-order valence-corrected chi connectivity index (χ4v) is 3.10. The van der Waals surface area contributed by atoms with Gasteiger partial charge in [0.2, 0.25) is 0 Å². The lowest BCUT2D eigenvalue weighted by Gasteiger charge is -2.25. The Morgan fingerprint density at radius 1 is 1.68 bits per heavy atom. The topological polar surface area (TPSA) is 48.3 Å². The Kier molecular flexibility index (Phi) is 5.81. The summed E-state index contributed by atoms with van der Waals surface area (Å²) in [6.07, 6.45) is 2.96. The molecule has 1 aliphatic rings. The molecule has 19 heavy (non-hydrogen) atoms. The average molecular weight is 332 g/mol. The quantitative estimate of drug-likeness (QED) is 0.830. The van der Waals surface area contributed by atoms with Gasteiger partial charge < -0.3 is 14.8 Å². The summed E-state index contributed by atoms with van der Waals surface area (Å²) in [7, 11) is 1.71. The molecule has 0 radical (unpaired) electrons. The second-order valence-electron chi connectivity index (χ2n) is 4.75. The van der Waals surface area contributed by atoms with E-state index >= 15 is 0 Å². The number of rotatable bonds is 7. The van der Waals surface area contributed by atoms with Gasteiger partial charge in [0.15, 0.2) is 0 Å². The maximum absolute atomic E-state index is 5.53. The molecule has 108 valence electrons.